The van der Waals surface area contributed by atoms with Crippen LogP contribution in [-0.2, 0) is 4.74 Å². The van der Waals surface area contributed by atoms with Gasteiger partial charge < -0.3 is 19.1 Å². The first-order valence-corrected chi connectivity index (χ1v) is 10.7. The fourth-order valence-corrected chi connectivity index (χ4v) is 3.88. The molecule has 0 radical (unpaired) electrons. The maximum Gasteiger partial charge on any atom is 0.515 e. The Morgan fingerprint density at radius 2 is 1.80 bits per heavy atom. The molecular weight excluding hydrogens is 380 g/mol. The van der Waals surface area contributed by atoms with Crippen molar-refractivity contribution in [3.8, 4) is 17.3 Å². The summed E-state index contributed by atoms with van der Waals surface area (Å²) in [6, 6.07) is 17.6. The average Bonchev–Trinajstić information content (AvgIpc) is 3.39. The number of hydrogen-bond donors (Lipinski definition) is 0. The minimum atomic E-state index is -0.709. The molecule has 1 aliphatic heterocycles. The Labute approximate surface area is 176 Å². The SMILES string of the molecule is CCOC(=O)Oc1cc2ccccc2n1-c1ccc(OCCCN2CCCC2)cc1. The summed E-state index contributed by atoms with van der Waals surface area (Å²) in [5.41, 5.74) is 1.84. The molecule has 6 nitrogen and oxygen atoms in total. The molecule has 2 heterocycles. The van der Waals surface area contributed by atoms with Crippen molar-refractivity contribution in [2.24, 2.45) is 0 Å². The van der Waals surface area contributed by atoms with E-state index < -0.39 is 6.16 Å². The fraction of sp³-hybridized carbons (Fsp3) is 0.375. The van der Waals surface area contributed by atoms with Crippen LogP contribution in [-0.4, -0.2) is 48.5 Å². The van der Waals surface area contributed by atoms with Gasteiger partial charge in [-0.05, 0) is 69.6 Å². The summed E-state index contributed by atoms with van der Waals surface area (Å²) >= 11 is 0. The van der Waals surface area contributed by atoms with Gasteiger partial charge in [0.2, 0.25) is 5.88 Å². The third-order valence-electron chi connectivity index (χ3n) is 5.31. The number of benzene rings is 2. The van der Waals surface area contributed by atoms with Crippen molar-refractivity contribution in [2.45, 2.75) is 26.2 Å². The zero-order valence-corrected chi connectivity index (χ0v) is 17.4. The van der Waals surface area contributed by atoms with Gasteiger partial charge in [0.1, 0.15) is 5.75 Å². The predicted octanol–water partition coefficient (Wildman–Crippen LogP) is 5.03. The third kappa shape index (κ3) is 4.76. The van der Waals surface area contributed by atoms with Gasteiger partial charge in [-0.1, -0.05) is 18.2 Å². The number of fused-ring (bicyclic) bond motifs is 1. The van der Waals surface area contributed by atoms with Gasteiger partial charge in [0.25, 0.3) is 0 Å². The second-order valence-electron chi connectivity index (χ2n) is 7.41. The fourth-order valence-electron chi connectivity index (χ4n) is 3.88. The molecule has 1 aliphatic rings. The molecule has 1 fully saturated rings. The first-order valence-electron chi connectivity index (χ1n) is 10.7. The zero-order valence-electron chi connectivity index (χ0n) is 17.4. The summed E-state index contributed by atoms with van der Waals surface area (Å²) in [7, 11) is 0. The Balaban J connectivity index is 1.46. The molecule has 4 rings (SSSR count). The summed E-state index contributed by atoms with van der Waals surface area (Å²) in [6.45, 7) is 6.26. The number of ether oxygens (including phenoxy) is 3. The second-order valence-corrected chi connectivity index (χ2v) is 7.41. The molecule has 1 saturated heterocycles. The maximum atomic E-state index is 11.9. The number of nitrogens with zero attached hydrogens (tertiary/aromatic N) is 2. The van der Waals surface area contributed by atoms with Gasteiger partial charge in [-0.25, -0.2) is 4.79 Å². The molecule has 0 amide bonds. The van der Waals surface area contributed by atoms with Crippen molar-refractivity contribution >= 4 is 17.1 Å². The van der Waals surface area contributed by atoms with E-state index >= 15 is 0 Å². The van der Waals surface area contributed by atoms with Gasteiger partial charge in [-0.3, -0.25) is 4.57 Å². The summed E-state index contributed by atoms with van der Waals surface area (Å²) < 4.78 is 18.2. The van der Waals surface area contributed by atoms with E-state index in [2.05, 4.69) is 4.90 Å². The lowest BCUT2D eigenvalue weighted by Gasteiger charge is -2.15. The van der Waals surface area contributed by atoms with Crippen LogP contribution in [0.1, 0.15) is 26.2 Å². The molecule has 1 aromatic heterocycles. The molecule has 0 N–H and O–H groups in total. The highest BCUT2D eigenvalue weighted by Gasteiger charge is 2.16. The zero-order chi connectivity index (χ0) is 20.8. The number of para-hydroxylation sites is 1. The minimum Gasteiger partial charge on any atom is -0.494 e. The van der Waals surface area contributed by atoms with Gasteiger partial charge in [0.15, 0.2) is 0 Å². The number of hydrogen-bond acceptors (Lipinski definition) is 5. The van der Waals surface area contributed by atoms with Gasteiger partial charge in [0, 0.05) is 23.7 Å². The quantitative estimate of drug-likeness (QED) is 0.386. The van der Waals surface area contributed by atoms with Gasteiger partial charge in [0.05, 0.1) is 18.7 Å². The molecule has 2 aromatic carbocycles. The molecule has 158 valence electrons. The number of rotatable bonds is 8. The Morgan fingerprint density at radius 3 is 2.57 bits per heavy atom. The van der Waals surface area contributed by atoms with Crippen LogP contribution in [0.15, 0.2) is 54.6 Å². The van der Waals surface area contributed by atoms with E-state index in [0.717, 1.165) is 35.3 Å². The van der Waals surface area contributed by atoms with Crippen LogP contribution in [0.4, 0.5) is 4.79 Å². The summed E-state index contributed by atoms with van der Waals surface area (Å²) in [5, 5.41) is 0.985. The molecule has 6 heteroatoms. The number of carbonyl (C=O) groups excluding carboxylic acids is 1. The highest BCUT2D eigenvalue weighted by atomic mass is 16.7. The first kappa shape index (κ1) is 20.3. The van der Waals surface area contributed by atoms with Crippen LogP contribution in [0, 0.1) is 0 Å². The molecule has 0 spiro atoms. The Kier molecular flexibility index (Phi) is 6.54. The number of likely N-dealkylation sites (tertiary alicyclic amines) is 1. The monoisotopic (exact) mass is 408 g/mol. The highest BCUT2D eigenvalue weighted by molar-refractivity contribution is 5.85. The van der Waals surface area contributed by atoms with Crippen LogP contribution in [0.25, 0.3) is 16.6 Å². The van der Waals surface area contributed by atoms with Crippen molar-refractivity contribution < 1.29 is 19.0 Å². The standard InChI is InChI=1S/C24H28N2O4/c1-2-28-24(27)30-23-18-19-8-3-4-9-22(19)26(23)20-10-12-21(13-11-20)29-17-7-16-25-14-5-6-15-25/h3-4,8-13,18H,2,5-7,14-17H2,1H3. The van der Waals surface area contributed by atoms with E-state index in [1.807, 2.05) is 59.2 Å². The molecule has 0 saturated carbocycles. The van der Waals surface area contributed by atoms with E-state index in [1.54, 1.807) is 6.92 Å². The van der Waals surface area contributed by atoms with E-state index in [4.69, 9.17) is 14.2 Å². The van der Waals surface area contributed by atoms with Crippen LogP contribution in [0.3, 0.4) is 0 Å². The van der Waals surface area contributed by atoms with Crippen LogP contribution in [0.2, 0.25) is 0 Å². The van der Waals surface area contributed by atoms with E-state index in [-0.39, 0.29) is 6.61 Å². The summed E-state index contributed by atoms with van der Waals surface area (Å²) in [4.78, 5) is 14.4. The minimum absolute atomic E-state index is 0.267. The number of aromatic nitrogens is 1. The van der Waals surface area contributed by atoms with Crippen molar-refractivity contribution in [3.63, 3.8) is 0 Å². The van der Waals surface area contributed by atoms with Crippen LogP contribution in [0.5, 0.6) is 11.6 Å². The molecule has 30 heavy (non-hydrogen) atoms. The maximum absolute atomic E-state index is 11.9. The molecular formula is C24H28N2O4. The smallest absolute Gasteiger partial charge is 0.494 e. The summed E-state index contributed by atoms with van der Waals surface area (Å²) in [5.74, 6) is 1.26. The number of carbonyl (C=O) groups is 1. The van der Waals surface area contributed by atoms with E-state index in [0.29, 0.717) is 12.5 Å². The van der Waals surface area contributed by atoms with E-state index in [9.17, 15) is 4.79 Å². The van der Waals surface area contributed by atoms with Gasteiger partial charge in [-0.15, -0.1) is 0 Å². The molecule has 0 aliphatic carbocycles. The Bertz CT molecular complexity index is 975. The topological polar surface area (TPSA) is 52.9 Å². The summed E-state index contributed by atoms with van der Waals surface area (Å²) in [6.07, 6.45) is 2.96. The van der Waals surface area contributed by atoms with Crippen molar-refractivity contribution in [3.05, 3.63) is 54.6 Å². The van der Waals surface area contributed by atoms with Crippen LogP contribution >= 0.6 is 0 Å². The molecule has 0 bridgehead atoms. The van der Waals surface area contributed by atoms with Gasteiger partial charge >= 0.3 is 6.16 Å². The second kappa shape index (κ2) is 9.67. The third-order valence-corrected chi connectivity index (χ3v) is 5.31. The Hall–Kier alpha value is -2.99. The molecule has 0 atom stereocenters. The highest BCUT2D eigenvalue weighted by Crippen LogP contribution is 2.30. The lowest BCUT2D eigenvalue weighted by molar-refractivity contribution is 0.102. The van der Waals surface area contributed by atoms with Crippen molar-refractivity contribution in [1.29, 1.82) is 0 Å². The largest absolute Gasteiger partial charge is 0.515 e. The first-order chi connectivity index (χ1) is 14.7. The van der Waals surface area contributed by atoms with Crippen LogP contribution < -0.4 is 9.47 Å². The lowest BCUT2D eigenvalue weighted by Crippen LogP contribution is -2.21. The molecule has 0 unspecified atom stereocenters. The average molecular weight is 408 g/mol. The van der Waals surface area contributed by atoms with E-state index in [1.165, 1.54) is 25.9 Å². The van der Waals surface area contributed by atoms with Gasteiger partial charge in [-0.2, -0.15) is 0 Å². The van der Waals surface area contributed by atoms with Crippen molar-refractivity contribution in [2.75, 3.05) is 32.8 Å². The molecule has 3 aromatic rings. The van der Waals surface area contributed by atoms with Crippen molar-refractivity contribution in [1.82, 2.24) is 9.47 Å². The predicted molar refractivity (Wildman–Crippen MR) is 117 cm³/mol. The normalized spacial score (nSPS) is 14.2. The lowest BCUT2D eigenvalue weighted by atomic mass is 10.2. The Morgan fingerprint density at radius 1 is 1.03 bits per heavy atom.